The van der Waals surface area contributed by atoms with Crippen LogP contribution in [0.15, 0.2) is 30.7 Å². The first-order valence-electron chi connectivity index (χ1n) is 5.89. The van der Waals surface area contributed by atoms with Crippen LogP contribution >= 0.6 is 0 Å². The van der Waals surface area contributed by atoms with Crippen LogP contribution in [0.1, 0.15) is 11.5 Å². The summed E-state index contributed by atoms with van der Waals surface area (Å²) in [7, 11) is 0. The zero-order valence-electron chi connectivity index (χ0n) is 10.3. The molecular weight excluding hydrogens is 230 g/mol. The van der Waals surface area contributed by atoms with Gasteiger partial charge in [-0.1, -0.05) is 0 Å². The number of aryl methyl sites for hydroxylation is 1. The molecule has 0 aromatic carbocycles. The Kier molecular flexibility index (Phi) is 4.38. The molecule has 0 fully saturated rings. The number of nitrogens with zero attached hydrogens (tertiary/aromatic N) is 4. The van der Waals surface area contributed by atoms with E-state index >= 15 is 0 Å². The van der Waals surface area contributed by atoms with E-state index in [2.05, 4.69) is 20.4 Å². The van der Waals surface area contributed by atoms with Crippen molar-refractivity contribution in [3.05, 3.63) is 42.2 Å². The third-order valence-electron chi connectivity index (χ3n) is 2.48. The predicted octanol–water partition coefficient (Wildman–Crippen LogP) is 0.132. The van der Waals surface area contributed by atoms with E-state index in [1.54, 1.807) is 17.1 Å². The molecule has 0 bridgehead atoms. The van der Waals surface area contributed by atoms with Crippen molar-refractivity contribution in [2.45, 2.75) is 26.1 Å². The summed E-state index contributed by atoms with van der Waals surface area (Å²) in [6.45, 7) is 3.47. The minimum Gasteiger partial charge on any atom is -0.390 e. The van der Waals surface area contributed by atoms with Gasteiger partial charge in [-0.2, -0.15) is 5.10 Å². The Morgan fingerprint density at radius 1 is 1.44 bits per heavy atom. The Bertz CT molecular complexity index is 471. The van der Waals surface area contributed by atoms with Crippen LogP contribution in [0.2, 0.25) is 0 Å². The quantitative estimate of drug-likeness (QED) is 0.759. The van der Waals surface area contributed by atoms with Crippen molar-refractivity contribution in [1.82, 2.24) is 25.1 Å². The molecule has 6 nitrogen and oxygen atoms in total. The number of aromatic nitrogens is 4. The van der Waals surface area contributed by atoms with E-state index in [-0.39, 0.29) is 0 Å². The maximum Gasteiger partial charge on any atom is 0.125 e. The van der Waals surface area contributed by atoms with Gasteiger partial charge in [0.05, 0.1) is 18.3 Å². The summed E-state index contributed by atoms with van der Waals surface area (Å²) in [6.07, 6.45) is 4.80. The SMILES string of the molecule is Cc1nccc(CNCC(O)Cn2cccn2)n1. The molecule has 0 radical (unpaired) electrons. The van der Waals surface area contributed by atoms with Gasteiger partial charge in [-0.05, 0) is 19.1 Å². The summed E-state index contributed by atoms with van der Waals surface area (Å²) in [6, 6.07) is 3.70. The Morgan fingerprint density at radius 2 is 2.33 bits per heavy atom. The van der Waals surface area contributed by atoms with Gasteiger partial charge >= 0.3 is 0 Å². The molecule has 18 heavy (non-hydrogen) atoms. The van der Waals surface area contributed by atoms with Crippen molar-refractivity contribution < 1.29 is 5.11 Å². The summed E-state index contributed by atoms with van der Waals surface area (Å²) < 4.78 is 1.71. The van der Waals surface area contributed by atoms with Gasteiger partial charge in [0.25, 0.3) is 0 Å². The summed E-state index contributed by atoms with van der Waals surface area (Å²) in [5.74, 6) is 0.756. The van der Waals surface area contributed by atoms with Crippen molar-refractivity contribution in [3.63, 3.8) is 0 Å². The fraction of sp³-hybridized carbons (Fsp3) is 0.417. The van der Waals surface area contributed by atoms with Gasteiger partial charge in [-0.3, -0.25) is 4.68 Å². The summed E-state index contributed by atoms with van der Waals surface area (Å²) >= 11 is 0. The zero-order chi connectivity index (χ0) is 12.8. The lowest BCUT2D eigenvalue weighted by molar-refractivity contribution is 0.146. The molecule has 0 saturated carbocycles. The Labute approximate surface area is 106 Å². The Morgan fingerprint density at radius 3 is 3.06 bits per heavy atom. The molecular formula is C12H17N5O. The van der Waals surface area contributed by atoms with Crippen molar-refractivity contribution in [3.8, 4) is 0 Å². The fourth-order valence-corrected chi connectivity index (χ4v) is 1.66. The summed E-state index contributed by atoms with van der Waals surface area (Å²) in [5.41, 5.74) is 0.925. The number of aliphatic hydroxyl groups is 1. The average Bonchev–Trinajstić information content (AvgIpc) is 2.82. The second kappa shape index (κ2) is 6.23. The molecule has 2 N–H and O–H groups in total. The van der Waals surface area contributed by atoms with Crippen LogP contribution < -0.4 is 5.32 Å². The summed E-state index contributed by atoms with van der Waals surface area (Å²) in [5, 5.41) is 17.0. The molecule has 2 heterocycles. The minimum absolute atomic E-state index is 0.465. The topological polar surface area (TPSA) is 75.9 Å². The molecule has 6 heteroatoms. The van der Waals surface area contributed by atoms with Crippen molar-refractivity contribution >= 4 is 0 Å². The number of hydrogen-bond donors (Lipinski definition) is 2. The molecule has 2 aromatic heterocycles. The molecule has 2 rings (SSSR count). The number of nitrogens with one attached hydrogen (secondary N) is 1. The highest BCUT2D eigenvalue weighted by Gasteiger charge is 2.05. The van der Waals surface area contributed by atoms with Crippen molar-refractivity contribution in [1.29, 1.82) is 0 Å². The highest BCUT2D eigenvalue weighted by Crippen LogP contribution is 1.95. The molecule has 2 aromatic rings. The van der Waals surface area contributed by atoms with E-state index in [0.717, 1.165) is 11.5 Å². The van der Waals surface area contributed by atoms with E-state index in [4.69, 9.17) is 0 Å². The lowest BCUT2D eigenvalue weighted by Gasteiger charge is -2.11. The molecule has 1 unspecified atom stereocenters. The van der Waals surface area contributed by atoms with E-state index in [9.17, 15) is 5.11 Å². The van der Waals surface area contributed by atoms with Gasteiger partial charge in [0, 0.05) is 31.7 Å². The van der Waals surface area contributed by atoms with E-state index < -0.39 is 6.10 Å². The molecule has 0 spiro atoms. The molecule has 1 atom stereocenters. The fourth-order valence-electron chi connectivity index (χ4n) is 1.66. The molecule has 0 saturated heterocycles. The van der Waals surface area contributed by atoms with Crippen molar-refractivity contribution in [2.24, 2.45) is 0 Å². The van der Waals surface area contributed by atoms with Crippen LogP contribution in [0.3, 0.4) is 0 Å². The first-order chi connectivity index (χ1) is 8.74. The van der Waals surface area contributed by atoms with Gasteiger partial charge in [0.15, 0.2) is 0 Å². The second-order valence-electron chi connectivity index (χ2n) is 4.11. The predicted molar refractivity (Wildman–Crippen MR) is 66.7 cm³/mol. The average molecular weight is 247 g/mol. The van der Waals surface area contributed by atoms with Crippen LogP contribution in [0.5, 0.6) is 0 Å². The first-order valence-corrected chi connectivity index (χ1v) is 5.89. The molecule has 0 amide bonds. The normalized spacial score (nSPS) is 12.6. The Balaban J connectivity index is 1.72. The van der Waals surface area contributed by atoms with Gasteiger partial charge in [-0.25, -0.2) is 9.97 Å². The van der Waals surface area contributed by atoms with Gasteiger partial charge in [0.2, 0.25) is 0 Å². The maximum atomic E-state index is 9.80. The number of hydrogen-bond acceptors (Lipinski definition) is 5. The number of rotatable bonds is 6. The third-order valence-corrected chi connectivity index (χ3v) is 2.48. The van der Waals surface area contributed by atoms with Crippen molar-refractivity contribution in [2.75, 3.05) is 6.54 Å². The van der Waals surface area contributed by atoms with E-state index in [1.165, 1.54) is 0 Å². The number of aliphatic hydroxyl groups excluding tert-OH is 1. The maximum absolute atomic E-state index is 9.80. The standard InChI is InChI=1S/C12H17N5O/c1-10-14-5-3-11(16-10)7-13-8-12(18)9-17-6-2-4-15-17/h2-6,12-13,18H,7-9H2,1H3. The minimum atomic E-state index is -0.465. The lowest BCUT2D eigenvalue weighted by Crippen LogP contribution is -2.30. The highest BCUT2D eigenvalue weighted by molar-refractivity contribution is 5.00. The van der Waals surface area contributed by atoms with Crippen LogP contribution in [-0.4, -0.2) is 37.5 Å². The van der Waals surface area contributed by atoms with Crippen LogP contribution in [0.4, 0.5) is 0 Å². The molecule has 0 aliphatic rings. The smallest absolute Gasteiger partial charge is 0.125 e. The van der Waals surface area contributed by atoms with E-state index in [1.807, 2.05) is 25.3 Å². The van der Waals surface area contributed by atoms with E-state index in [0.29, 0.717) is 19.6 Å². The molecule has 96 valence electrons. The molecule has 0 aliphatic heterocycles. The van der Waals surface area contributed by atoms with Gasteiger partial charge in [0.1, 0.15) is 5.82 Å². The monoisotopic (exact) mass is 247 g/mol. The molecule has 0 aliphatic carbocycles. The largest absolute Gasteiger partial charge is 0.390 e. The Hall–Kier alpha value is -1.79. The third kappa shape index (κ3) is 3.90. The van der Waals surface area contributed by atoms with Crippen LogP contribution in [0, 0.1) is 6.92 Å². The first kappa shape index (κ1) is 12.7. The lowest BCUT2D eigenvalue weighted by atomic mass is 10.3. The second-order valence-corrected chi connectivity index (χ2v) is 4.11. The zero-order valence-corrected chi connectivity index (χ0v) is 10.3. The van der Waals surface area contributed by atoms with Gasteiger partial charge in [-0.15, -0.1) is 0 Å². The van der Waals surface area contributed by atoms with Gasteiger partial charge < -0.3 is 10.4 Å². The highest BCUT2D eigenvalue weighted by atomic mass is 16.3. The van der Waals surface area contributed by atoms with Crippen LogP contribution in [0.25, 0.3) is 0 Å². The van der Waals surface area contributed by atoms with Crippen LogP contribution in [-0.2, 0) is 13.1 Å². The summed E-state index contributed by atoms with van der Waals surface area (Å²) in [4.78, 5) is 8.31.